The molecule has 3 rings (SSSR count). The topological polar surface area (TPSA) is 181 Å². The third kappa shape index (κ3) is 9.97. The summed E-state index contributed by atoms with van der Waals surface area (Å²) in [4.78, 5) is 21.0. The lowest BCUT2D eigenvalue weighted by Crippen LogP contribution is -2.47. The maximum atomic E-state index is 13.6. The number of hydrazine groups is 1. The smallest absolute Gasteiger partial charge is 0.255 e. The Hall–Kier alpha value is -4.07. The van der Waals surface area contributed by atoms with E-state index < -0.39 is 15.9 Å². The monoisotopic (exact) mass is 682 g/mol. The quantitative estimate of drug-likeness (QED) is 0.100. The number of benzene rings is 2. The molecular formula is C35H54N8O4S. The van der Waals surface area contributed by atoms with Crippen LogP contribution in [0.25, 0.3) is 0 Å². The van der Waals surface area contributed by atoms with Crippen LogP contribution in [0.5, 0.6) is 5.75 Å². The molecule has 2 aromatic carbocycles. The molecule has 8 N–H and O–H groups in total. The second-order valence-electron chi connectivity index (χ2n) is 14.4. The fraction of sp³-hybridized carbons (Fsp3) is 0.486. The van der Waals surface area contributed by atoms with Crippen molar-refractivity contribution in [3.63, 3.8) is 0 Å². The van der Waals surface area contributed by atoms with Crippen LogP contribution >= 0.6 is 0 Å². The lowest BCUT2D eigenvalue weighted by molar-refractivity contribution is 0.102. The van der Waals surface area contributed by atoms with Crippen LogP contribution in [0.2, 0.25) is 0 Å². The highest BCUT2D eigenvalue weighted by Crippen LogP contribution is 2.39. The Labute approximate surface area is 286 Å². The van der Waals surface area contributed by atoms with Gasteiger partial charge in [-0.15, -0.1) is 0 Å². The van der Waals surface area contributed by atoms with Crippen LogP contribution in [0.4, 0.5) is 17.1 Å². The number of likely N-dealkylation sites (tertiary alicyclic amines) is 1. The number of nitrogens with two attached hydrogens (primary N) is 3. The number of sulfonamides is 1. The van der Waals surface area contributed by atoms with Crippen molar-refractivity contribution in [2.75, 3.05) is 41.5 Å². The number of hydrogen-bond acceptors (Lipinski definition) is 10. The van der Waals surface area contributed by atoms with Crippen molar-refractivity contribution >= 4 is 38.7 Å². The van der Waals surface area contributed by atoms with Crippen molar-refractivity contribution in [3.05, 3.63) is 70.7 Å². The van der Waals surface area contributed by atoms with Gasteiger partial charge in [0.15, 0.2) is 5.75 Å². The van der Waals surface area contributed by atoms with Crippen molar-refractivity contribution < 1.29 is 17.9 Å². The van der Waals surface area contributed by atoms with Gasteiger partial charge in [-0.3, -0.25) is 24.4 Å². The van der Waals surface area contributed by atoms with Gasteiger partial charge >= 0.3 is 0 Å². The first-order valence-corrected chi connectivity index (χ1v) is 17.9. The summed E-state index contributed by atoms with van der Waals surface area (Å²) in [6.45, 7) is 18.4. The van der Waals surface area contributed by atoms with Crippen LogP contribution in [-0.4, -0.2) is 63.0 Å². The first-order valence-electron chi connectivity index (χ1n) is 16.0. The van der Waals surface area contributed by atoms with Gasteiger partial charge in [-0.1, -0.05) is 26.8 Å². The highest BCUT2D eigenvalue weighted by molar-refractivity contribution is 7.92. The number of allylic oxidation sites excluding steroid dienone is 1. The number of methoxy groups -OCH3 is 1. The van der Waals surface area contributed by atoms with E-state index in [9.17, 15) is 13.2 Å². The zero-order valence-electron chi connectivity index (χ0n) is 30.1. The molecule has 1 amide bonds. The van der Waals surface area contributed by atoms with E-state index in [1.165, 1.54) is 18.3 Å². The van der Waals surface area contributed by atoms with E-state index in [0.717, 1.165) is 49.0 Å². The molecule has 264 valence electrons. The molecule has 1 aliphatic heterocycles. The fourth-order valence-corrected chi connectivity index (χ4v) is 6.15. The molecule has 48 heavy (non-hydrogen) atoms. The van der Waals surface area contributed by atoms with Gasteiger partial charge in [0.2, 0.25) is 10.0 Å². The van der Waals surface area contributed by atoms with Gasteiger partial charge in [-0.05, 0) is 88.3 Å². The summed E-state index contributed by atoms with van der Waals surface area (Å²) in [5, 5.41) is 4.25. The minimum atomic E-state index is -3.63. The lowest BCUT2D eigenvalue weighted by Gasteiger charge is -2.40. The standard InChI is InChI=1S/C35H54N8O4S/c1-22-11-12-24(33(44)40-29-18-25(34(3,4)5)19-30(32(29)47-9)41-48(10,45)46)17-31(22)43(38)21-28(37)27(20-36)23(2)39-26-13-15-42(16-14-26)35(6,7)8/h11-12,17-21,26,41H,13-16,36-38H2,1-10H3,(H,40,44)/b27-20?,28-21-,39-23?. The van der Waals surface area contributed by atoms with Crippen molar-refractivity contribution in [2.45, 2.75) is 85.2 Å². The zero-order chi connectivity index (χ0) is 36.2. The van der Waals surface area contributed by atoms with Gasteiger partial charge < -0.3 is 21.5 Å². The van der Waals surface area contributed by atoms with Crippen LogP contribution < -0.4 is 37.1 Å². The Kier molecular flexibility index (Phi) is 12.0. The molecule has 0 atom stereocenters. The van der Waals surface area contributed by atoms with Crippen molar-refractivity contribution in [1.82, 2.24) is 4.90 Å². The Bertz CT molecular complexity index is 1690. The number of anilines is 3. The number of nitrogens with zero attached hydrogens (tertiary/aromatic N) is 3. The number of piperidine rings is 1. The lowest BCUT2D eigenvalue weighted by atomic mass is 9.86. The Morgan fingerprint density at radius 3 is 2.21 bits per heavy atom. The zero-order valence-corrected chi connectivity index (χ0v) is 30.9. The van der Waals surface area contributed by atoms with E-state index >= 15 is 0 Å². The molecule has 2 aromatic rings. The van der Waals surface area contributed by atoms with Gasteiger partial charge in [-0.2, -0.15) is 0 Å². The van der Waals surface area contributed by atoms with Crippen molar-refractivity contribution in [2.24, 2.45) is 22.3 Å². The summed E-state index contributed by atoms with van der Waals surface area (Å²) < 4.78 is 32.3. The second kappa shape index (κ2) is 15.0. The number of hydrogen-bond donors (Lipinski definition) is 5. The number of nitrogens with one attached hydrogen (secondary N) is 2. The summed E-state index contributed by atoms with van der Waals surface area (Å²) >= 11 is 0. The second-order valence-corrected chi connectivity index (χ2v) is 16.1. The van der Waals surface area contributed by atoms with Crippen LogP contribution in [0.15, 0.2) is 59.0 Å². The Balaban J connectivity index is 1.87. The number of aryl methyl sites for hydroxylation is 1. The maximum Gasteiger partial charge on any atom is 0.255 e. The average molecular weight is 683 g/mol. The summed E-state index contributed by atoms with van der Waals surface area (Å²) in [6, 6.07) is 8.77. The van der Waals surface area contributed by atoms with Crippen LogP contribution in [0.1, 0.15) is 82.8 Å². The summed E-state index contributed by atoms with van der Waals surface area (Å²) in [5.74, 6) is 6.23. The first kappa shape index (κ1) is 38.4. The van der Waals surface area contributed by atoms with Crippen molar-refractivity contribution in [3.8, 4) is 5.75 Å². The molecule has 0 radical (unpaired) electrons. The van der Waals surface area contributed by atoms with Gasteiger partial charge in [0, 0.05) is 47.9 Å². The molecule has 0 aliphatic carbocycles. The van der Waals surface area contributed by atoms with E-state index in [2.05, 4.69) is 35.7 Å². The van der Waals surface area contributed by atoms with Gasteiger partial charge in [0.1, 0.15) is 0 Å². The summed E-state index contributed by atoms with van der Waals surface area (Å²) in [5.41, 5.74) is 16.9. The molecule has 1 fully saturated rings. The molecule has 0 saturated carbocycles. The average Bonchev–Trinajstić information content (AvgIpc) is 2.96. The number of ether oxygens (including phenoxy) is 1. The van der Waals surface area contributed by atoms with Crippen molar-refractivity contribution in [1.29, 1.82) is 0 Å². The minimum absolute atomic E-state index is 0.130. The minimum Gasteiger partial charge on any atom is -0.492 e. The molecule has 12 nitrogen and oxygen atoms in total. The predicted octanol–water partition coefficient (Wildman–Crippen LogP) is 4.97. The number of aliphatic imine (C=N–C) groups is 1. The van der Waals surface area contributed by atoms with Gasteiger partial charge in [-0.25, -0.2) is 14.3 Å². The number of rotatable bonds is 10. The van der Waals surface area contributed by atoms with Crippen LogP contribution in [0.3, 0.4) is 0 Å². The van der Waals surface area contributed by atoms with Gasteiger partial charge in [0.25, 0.3) is 5.91 Å². The van der Waals surface area contributed by atoms with E-state index in [0.29, 0.717) is 28.2 Å². The number of carbonyl (C=O) groups excluding carboxylic acids is 1. The Morgan fingerprint density at radius 1 is 1.08 bits per heavy atom. The van der Waals surface area contributed by atoms with E-state index in [4.69, 9.17) is 27.0 Å². The summed E-state index contributed by atoms with van der Waals surface area (Å²) in [6.07, 6.45) is 5.96. The molecule has 0 spiro atoms. The SMILES string of the molecule is COc1c(NC(=O)c2ccc(C)c(N(N)/C=C(\N)C(=CN)C(C)=NC3CCN(C(C)(C)C)CC3)c2)cc(C(C)(C)C)cc1NS(C)(=O)=O. The molecule has 0 bridgehead atoms. The normalized spacial score (nSPS) is 16.1. The molecule has 1 saturated heterocycles. The summed E-state index contributed by atoms with van der Waals surface area (Å²) in [7, 11) is -2.22. The van der Waals surface area contributed by atoms with Gasteiger partial charge in [0.05, 0.1) is 42.2 Å². The highest BCUT2D eigenvalue weighted by atomic mass is 32.2. The Morgan fingerprint density at radius 2 is 1.69 bits per heavy atom. The predicted molar refractivity (Wildman–Crippen MR) is 198 cm³/mol. The van der Waals surface area contributed by atoms with E-state index in [1.807, 2.05) is 34.6 Å². The first-order chi connectivity index (χ1) is 22.1. The molecule has 0 unspecified atom stereocenters. The number of carbonyl (C=O) groups is 1. The van der Waals surface area contributed by atoms with Crippen LogP contribution in [-0.2, 0) is 15.4 Å². The molecule has 0 aromatic heterocycles. The number of amides is 1. The van der Waals surface area contributed by atoms with Crippen LogP contribution in [0, 0.1) is 6.92 Å². The third-order valence-electron chi connectivity index (χ3n) is 8.39. The molecule has 1 aliphatic rings. The molecule has 1 heterocycles. The fourth-order valence-electron chi connectivity index (χ4n) is 5.60. The van der Waals surface area contributed by atoms with E-state index in [1.54, 1.807) is 36.5 Å². The highest BCUT2D eigenvalue weighted by Gasteiger charge is 2.27. The van der Waals surface area contributed by atoms with E-state index in [-0.39, 0.29) is 28.4 Å². The maximum absolute atomic E-state index is 13.6. The third-order valence-corrected chi connectivity index (χ3v) is 8.98. The molecule has 13 heteroatoms. The largest absolute Gasteiger partial charge is 0.492 e. The molecular weight excluding hydrogens is 629 g/mol.